The van der Waals surface area contributed by atoms with Crippen molar-refractivity contribution in [3.8, 4) is 5.75 Å². The fourth-order valence-corrected chi connectivity index (χ4v) is 3.34. The lowest BCUT2D eigenvalue weighted by Crippen LogP contribution is -2.42. The summed E-state index contributed by atoms with van der Waals surface area (Å²) in [6.45, 7) is 4.33. The minimum Gasteiger partial charge on any atom is -0.489 e. The Kier molecular flexibility index (Phi) is 8.62. The second-order valence-corrected chi connectivity index (χ2v) is 7.04. The van der Waals surface area contributed by atoms with Crippen molar-refractivity contribution in [2.75, 3.05) is 13.1 Å². The van der Waals surface area contributed by atoms with Crippen LogP contribution in [-0.2, 0) is 17.8 Å². The second kappa shape index (κ2) is 11.0. The summed E-state index contributed by atoms with van der Waals surface area (Å²) in [6.07, 6.45) is 2.70. The minimum absolute atomic E-state index is 0. The van der Waals surface area contributed by atoms with Crippen LogP contribution in [0.5, 0.6) is 5.75 Å². The zero-order valence-corrected chi connectivity index (χ0v) is 16.6. The summed E-state index contributed by atoms with van der Waals surface area (Å²) in [6, 6.07) is 18.7. The topological polar surface area (TPSA) is 50.4 Å². The normalized spacial score (nSPS) is 19.0. The van der Waals surface area contributed by atoms with Crippen LogP contribution in [0, 0.1) is 5.92 Å². The van der Waals surface area contributed by atoms with Gasteiger partial charge in [0.05, 0.1) is 0 Å². The number of ether oxygens (including phenoxy) is 1. The highest BCUT2D eigenvalue weighted by Gasteiger charge is 2.24. The molecule has 5 heteroatoms. The Hall–Kier alpha value is -2.04. The number of carbonyl (C=O) groups is 1. The standard InChI is InChI=1S/C22H28N2O2.ClH/c1-17-15-20(12-14-23-17)22(25)24-13-11-18-7-9-21(10-8-18)26-16-19-5-3-2-4-6-19;/h2-10,17,20,23H,11-16H2,1H3,(H,24,25);1H/t17-,20-;/m0./s1. The molecule has 2 aromatic carbocycles. The van der Waals surface area contributed by atoms with Crippen LogP contribution in [0.4, 0.5) is 0 Å². The molecule has 3 rings (SSSR count). The van der Waals surface area contributed by atoms with E-state index in [9.17, 15) is 4.79 Å². The van der Waals surface area contributed by atoms with Gasteiger partial charge in [0.15, 0.2) is 0 Å². The Balaban J connectivity index is 0.00000261. The molecule has 0 saturated carbocycles. The van der Waals surface area contributed by atoms with Crippen molar-refractivity contribution in [2.24, 2.45) is 5.92 Å². The summed E-state index contributed by atoms with van der Waals surface area (Å²) in [4.78, 5) is 12.2. The van der Waals surface area contributed by atoms with Crippen LogP contribution < -0.4 is 15.4 Å². The van der Waals surface area contributed by atoms with Crippen molar-refractivity contribution in [1.82, 2.24) is 10.6 Å². The molecule has 0 radical (unpaired) electrons. The first-order valence-corrected chi connectivity index (χ1v) is 9.47. The van der Waals surface area contributed by atoms with Crippen molar-refractivity contribution in [1.29, 1.82) is 0 Å². The maximum absolute atomic E-state index is 12.2. The predicted molar refractivity (Wildman–Crippen MR) is 111 cm³/mol. The number of hydrogen-bond donors (Lipinski definition) is 2. The summed E-state index contributed by atoms with van der Waals surface area (Å²) in [5, 5.41) is 6.47. The van der Waals surface area contributed by atoms with Gasteiger partial charge in [-0.25, -0.2) is 0 Å². The van der Waals surface area contributed by atoms with E-state index in [0.717, 1.165) is 37.1 Å². The molecule has 1 saturated heterocycles. The summed E-state index contributed by atoms with van der Waals surface area (Å²) in [5.74, 6) is 1.21. The molecule has 0 aromatic heterocycles. The van der Waals surface area contributed by atoms with Gasteiger partial charge >= 0.3 is 0 Å². The van der Waals surface area contributed by atoms with Gasteiger partial charge in [0.1, 0.15) is 12.4 Å². The average Bonchev–Trinajstić information content (AvgIpc) is 2.68. The molecule has 1 fully saturated rings. The largest absolute Gasteiger partial charge is 0.489 e. The molecular weight excluding hydrogens is 360 g/mol. The van der Waals surface area contributed by atoms with Crippen molar-refractivity contribution in [3.63, 3.8) is 0 Å². The van der Waals surface area contributed by atoms with Crippen molar-refractivity contribution >= 4 is 18.3 Å². The van der Waals surface area contributed by atoms with E-state index in [1.807, 2.05) is 30.3 Å². The van der Waals surface area contributed by atoms with Crippen molar-refractivity contribution in [2.45, 2.75) is 38.8 Å². The molecule has 1 amide bonds. The molecule has 27 heavy (non-hydrogen) atoms. The molecule has 2 aromatic rings. The van der Waals surface area contributed by atoms with E-state index >= 15 is 0 Å². The van der Waals surface area contributed by atoms with E-state index < -0.39 is 0 Å². The molecule has 2 N–H and O–H groups in total. The molecule has 0 aliphatic carbocycles. The first-order valence-electron chi connectivity index (χ1n) is 9.47. The van der Waals surface area contributed by atoms with Gasteiger partial charge in [0.25, 0.3) is 0 Å². The monoisotopic (exact) mass is 388 g/mol. The smallest absolute Gasteiger partial charge is 0.223 e. The highest BCUT2D eigenvalue weighted by atomic mass is 35.5. The fraction of sp³-hybridized carbons (Fsp3) is 0.409. The zero-order valence-electron chi connectivity index (χ0n) is 15.8. The van der Waals surface area contributed by atoms with Gasteiger partial charge in [-0.15, -0.1) is 12.4 Å². The average molecular weight is 389 g/mol. The van der Waals surface area contributed by atoms with Crippen LogP contribution in [0.3, 0.4) is 0 Å². The number of hydrogen-bond acceptors (Lipinski definition) is 3. The van der Waals surface area contributed by atoms with Crippen LogP contribution in [0.15, 0.2) is 54.6 Å². The minimum atomic E-state index is 0. The highest BCUT2D eigenvalue weighted by molar-refractivity contribution is 5.85. The van der Waals surface area contributed by atoms with Gasteiger partial charge in [0.2, 0.25) is 5.91 Å². The maximum atomic E-state index is 12.2. The summed E-state index contributed by atoms with van der Waals surface area (Å²) in [5.41, 5.74) is 2.36. The number of carbonyl (C=O) groups excluding carboxylic acids is 1. The Bertz CT molecular complexity index is 691. The molecule has 146 valence electrons. The maximum Gasteiger partial charge on any atom is 0.223 e. The Labute approximate surface area is 168 Å². The third-order valence-corrected chi connectivity index (χ3v) is 4.88. The van der Waals surface area contributed by atoms with Crippen LogP contribution in [0.1, 0.15) is 30.9 Å². The van der Waals surface area contributed by atoms with E-state index in [2.05, 4.69) is 41.8 Å². The lowest BCUT2D eigenvalue weighted by Gasteiger charge is -2.27. The summed E-state index contributed by atoms with van der Waals surface area (Å²) in [7, 11) is 0. The molecule has 1 heterocycles. The number of benzene rings is 2. The van der Waals surface area contributed by atoms with Gasteiger partial charge in [-0.3, -0.25) is 4.79 Å². The van der Waals surface area contributed by atoms with E-state index in [0.29, 0.717) is 19.2 Å². The number of rotatable bonds is 7. The molecule has 2 atom stereocenters. The van der Waals surface area contributed by atoms with Gasteiger partial charge in [-0.1, -0.05) is 42.5 Å². The van der Waals surface area contributed by atoms with Gasteiger partial charge in [0, 0.05) is 18.5 Å². The van der Waals surface area contributed by atoms with Crippen LogP contribution in [0.25, 0.3) is 0 Å². The highest BCUT2D eigenvalue weighted by Crippen LogP contribution is 2.17. The number of amides is 1. The first-order chi connectivity index (χ1) is 12.7. The third-order valence-electron chi connectivity index (χ3n) is 4.88. The Morgan fingerprint density at radius 1 is 1.11 bits per heavy atom. The quantitative estimate of drug-likeness (QED) is 0.759. The Morgan fingerprint density at radius 3 is 2.56 bits per heavy atom. The number of halogens is 1. The van der Waals surface area contributed by atoms with Gasteiger partial charge in [-0.2, -0.15) is 0 Å². The predicted octanol–water partition coefficient (Wildman–Crippen LogP) is 3.73. The molecule has 1 aliphatic rings. The zero-order chi connectivity index (χ0) is 18.2. The van der Waals surface area contributed by atoms with Crippen LogP contribution >= 0.6 is 12.4 Å². The third kappa shape index (κ3) is 6.89. The molecule has 0 bridgehead atoms. The SMILES string of the molecule is C[C@H]1C[C@@H](C(=O)NCCc2ccc(OCc3ccccc3)cc2)CCN1.Cl. The van der Waals surface area contributed by atoms with Gasteiger partial charge in [-0.05, 0) is 56.0 Å². The lowest BCUT2D eigenvalue weighted by atomic mass is 9.92. The molecule has 1 aliphatic heterocycles. The summed E-state index contributed by atoms with van der Waals surface area (Å²) < 4.78 is 5.80. The number of nitrogens with one attached hydrogen (secondary N) is 2. The van der Waals surface area contributed by atoms with E-state index in [1.165, 1.54) is 5.56 Å². The van der Waals surface area contributed by atoms with E-state index in [1.54, 1.807) is 0 Å². The molecule has 4 nitrogen and oxygen atoms in total. The molecular formula is C22H29ClN2O2. The van der Waals surface area contributed by atoms with Crippen molar-refractivity contribution < 1.29 is 9.53 Å². The first kappa shape index (κ1) is 21.3. The second-order valence-electron chi connectivity index (χ2n) is 7.04. The number of piperidine rings is 1. The Morgan fingerprint density at radius 2 is 1.85 bits per heavy atom. The van der Waals surface area contributed by atoms with Crippen molar-refractivity contribution in [3.05, 3.63) is 65.7 Å². The molecule has 0 unspecified atom stereocenters. The van der Waals surface area contributed by atoms with Crippen LogP contribution in [0.2, 0.25) is 0 Å². The van der Waals surface area contributed by atoms with Gasteiger partial charge < -0.3 is 15.4 Å². The fourth-order valence-electron chi connectivity index (χ4n) is 3.34. The van der Waals surface area contributed by atoms with Crippen LogP contribution in [-0.4, -0.2) is 25.0 Å². The van der Waals surface area contributed by atoms with E-state index in [-0.39, 0.29) is 24.2 Å². The van der Waals surface area contributed by atoms with E-state index in [4.69, 9.17) is 4.74 Å². The lowest BCUT2D eigenvalue weighted by molar-refractivity contribution is -0.126. The molecule has 0 spiro atoms. The summed E-state index contributed by atoms with van der Waals surface area (Å²) >= 11 is 0.